The molecule has 8 aromatic rings. The van der Waals surface area contributed by atoms with Crippen LogP contribution in [0.15, 0.2) is 158 Å². The van der Waals surface area contributed by atoms with E-state index < -0.39 is 0 Å². The van der Waals surface area contributed by atoms with Crippen LogP contribution < -0.4 is 0 Å². The predicted molar refractivity (Wildman–Crippen MR) is 290 cm³/mol. The molecule has 2 aliphatic heterocycles. The van der Waals surface area contributed by atoms with Crippen molar-refractivity contribution in [1.82, 2.24) is 60.0 Å². The highest BCUT2D eigenvalue weighted by Crippen LogP contribution is 2.34. The van der Waals surface area contributed by atoms with Crippen LogP contribution in [0.25, 0.3) is 23.5 Å². The summed E-state index contributed by atoms with van der Waals surface area (Å²) in [7, 11) is 0. The number of nitrogens with zero attached hydrogens (tertiary/aromatic N) is 14. The topological polar surface area (TPSA) is 148 Å². The molecule has 74 heavy (non-hydrogen) atoms. The Morgan fingerprint density at radius 3 is 1.16 bits per heavy atom. The first-order valence-corrected chi connectivity index (χ1v) is 25.3. The molecule has 14 heteroatoms. The minimum atomic E-state index is -0.230. The molecule has 0 radical (unpaired) electrons. The summed E-state index contributed by atoms with van der Waals surface area (Å²) in [4.78, 5) is 9.72. The molecule has 0 unspecified atom stereocenters. The van der Waals surface area contributed by atoms with Crippen molar-refractivity contribution >= 4 is 12.2 Å². The average Bonchev–Trinajstić information content (AvgIpc) is 4.12. The maximum Gasteiger partial charge on any atom is 0.178 e. The third-order valence-electron chi connectivity index (χ3n) is 14.0. The van der Waals surface area contributed by atoms with Crippen LogP contribution in [0.3, 0.4) is 0 Å². The number of aromatic nitrogens is 8. The Kier molecular flexibility index (Phi) is 16.8. The van der Waals surface area contributed by atoms with Crippen molar-refractivity contribution in [2.75, 3.05) is 65.4 Å². The van der Waals surface area contributed by atoms with Crippen molar-refractivity contribution in [3.8, 4) is 23.5 Å². The minimum absolute atomic E-state index is 0.230. The number of nitriles is 2. The van der Waals surface area contributed by atoms with Gasteiger partial charge in [-0.25, -0.2) is 0 Å². The molecule has 0 bridgehead atoms. The van der Waals surface area contributed by atoms with E-state index in [2.05, 4.69) is 188 Å². The summed E-state index contributed by atoms with van der Waals surface area (Å²) in [5.41, 5.74) is 12.0. The highest BCUT2D eigenvalue weighted by molar-refractivity contribution is 5.52. The maximum absolute atomic E-state index is 9.93. The zero-order valence-corrected chi connectivity index (χ0v) is 42.7. The molecule has 0 amide bonds. The Hall–Kier alpha value is -8.24. The molecule has 2 saturated heterocycles. The molecule has 372 valence electrons. The molecule has 0 spiro atoms. The van der Waals surface area contributed by atoms with E-state index in [1.807, 2.05) is 82.2 Å². The van der Waals surface area contributed by atoms with E-state index in [-0.39, 0.29) is 12.1 Å². The van der Waals surface area contributed by atoms with Gasteiger partial charge in [-0.05, 0) is 105 Å². The standard InChI is InChI=1S/2C30H31N7/c2*1-23-10-8-11-24(2)28(23)37-30(32-33-34-37)29(27-16-7-6-15-26(27)22-31)36-20-18-35(19-21-36)17-9-14-25-12-4-3-5-13-25/h2*3-16,29H,17-21H2,1-2H3/b2*14-9+/t2*29-/m10/s1. The van der Waals surface area contributed by atoms with Gasteiger partial charge in [0.15, 0.2) is 11.6 Å². The molecule has 0 saturated carbocycles. The zero-order valence-electron chi connectivity index (χ0n) is 42.7. The molecule has 6 aromatic carbocycles. The molecule has 14 nitrogen and oxygen atoms in total. The summed E-state index contributed by atoms with van der Waals surface area (Å²) in [5.74, 6) is 1.47. The second kappa shape index (κ2) is 24.5. The van der Waals surface area contributed by atoms with Gasteiger partial charge in [-0.3, -0.25) is 19.6 Å². The van der Waals surface area contributed by atoms with E-state index in [9.17, 15) is 10.5 Å². The van der Waals surface area contributed by atoms with Gasteiger partial charge < -0.3 is 0 Å². The number of para-hydroxylation sites is 2. The van der Waals surface area contributed by atoms with Crippen LogP contribution >= 0.6 is 0 Å². The number of rotatable bonds is 14. The van der Waals surface area contributed by atoms with E-state index in [4.69, 9.17) is 0 Å². The van der Waals surface area contributed by atoms with Crippen molar-refractivity contribution in [2.45, 2.75) is 39.8 Å². The van der Waals surface area contributed by atoms with E-state index in [0.717, 1.165) is 122 Å². The van der Waals surface area contributed by atoms with Crippen LogP contribution in [0.4, 0.5) is 0 Å². The first-order valence-electron chi connectivity index (χ1n) is 25.3. The molecular formula is C60H62N14. The van der Waals surface area contributed by atoms with Crippen molar-refractivity contribution in [3.63, 3.8) is 0 Å². The lowest BCUT2D eigenvalue weighted by molar-refractivity contribution is 0.113. The van der Waals surface area contributed by atoms with Gasteiger partial charge in [-0.1, -0.05) is 158 Å². The van der Waals surface area contributed by atoms with Gasteiger partial charge in [0.05, 0.1) is 46.7 Å². The lowest BCUT2D eigenvalue weighted by Crippen LogP contribution is -2.48. The minimum Gasteiger partial charge on any atom is -0.297 e. The predicted octanol–water partition coefficient (Wildman–Crippen LogP) is 9.14. The smallest absolute Gasteiger partial charge is 0.178 e. The van der Waals surface area contributed by atoms with Crippen molar-refractivity contribution in [2.24, 2.45) is 0 Å². The third kappa shape index (κ3) is 11.8. The highest BCUT2D eigenvalue weighted by atomic mass is 15.6. The Morgan fingerprint density at radius 2 is 0.797 bits per heavy atom. The number of hydrogen-bond acceptors (Lipinski definition) is 12. The third-order valence-corrected chi connectivity index (χ3v) is 14.0. The SMILES string of the molecule is Cc1cccc(C)c1-n1nnnc1[C@@H](c1ccccc1C#N)N1CCN(C/C=C/c2ccccc2)CC1.Cc1cccc(C)c1-n1nnnc1[C@H](c1ccccc1C#N)N1CCN(C/C=C/c2ccccc2)CC1. The summed E-state index contributed by atoms with van der Waals surface area (Å²) in [6.45, 7) is 17.2. The van der Waals surface area contributed by atoms with Gasteiger partial charge in [-0.15, -0.1) is 10.2 Å². The van der Waals surface area contributed by atoms with Crippen LogP contribution in [-0.4, -0.2) is 125 Å². The Labute approximate surface area is 434 Å². The first kappa shape index (κ1) is 50.7. The molecule has 2 atom stereocenters. The summed E-state index contributed by atoms with van der Waals surface area (Å²) in [6, 6.07) is 53.1. The van der Waals surface area contributed by atoms with E-state index in [1.54, 1.807) is 0 Å². The lowest BCUT2D eigenvalue weighted by atomic mass is 9.97. The van der Waals surface area contributed by atoms with Crippen molar-refractivity contribution in [3.05, 3.63) is 225 Å². The highest BCUT2D eigenvalue weighted by Gasteiger charge is 2.34. The monoisotopic (exact) mass is 979 g/mol. The van der Waals surface area contributed by atoms with Gasteiger partial charge >= 0.3 is 0 Å². The first-order chi connectivity index (χ1) is 36.3. The maximum atomic E-state index is 9.93. The number of tetrazole rings is 2. The quantitative estimate of drug-likeness (QED) is 0.102. The van der Waals surface area contributed by atoms with Gasteiger partial charge in [0.25, 0.3) is 0 Å². The molecule has 0 N–H and O–H groups in total. The summed E-state index contributed by atoms with van der Waals surface area (Å²) < 4.78 is 3.72. The van der Waals surface area contributed by atoms with E-state index in [0.29, 0.717) is 11.1 Å². The van der Waals surface area contributed by atoms with E-state index >= 15 is 0 Å². The van der Waals surface area contributed by atoms with Crippen LogP contribution in [0.1, 0.15) is 79.4 Å². The van der Waals surface area contributed by atoms with Gasteiger partial charge in [0.2, 0.25) is 0 Å². The number of hydrogen-bond donors (Lipinski definition) is 0. The second-order valence-corrected chi connectivity index (χ2v) is 18.9. The summed E-state index contributed by atoms with van der Waals surface area (Å²) in [5, 5.41) is 45.9. The van der Waals surface area contributed by atoms with Crippen LogP contribution in [-0.2, 0) is 0 Å². The van der Waals surface area contributed by atoms with Crippen LogP contribution in [0.2, 0.25) is 0 Å². The molecule has 2 aliphatic rings. The number of benzene rings is 6. The fourth-order valence-corrected chi connectivity index (χ4v) is 10.2. The van der Waals surface area contributed by atoms with Gasteiger partial charge in [0.1, 0.15) is 0 Å². The normalized spacial score (nSPS) is 15.6. The number of aryl methyl sites for hydroxylation is 4. The second-order valence-electron chi connectivity index (χ2n) is 18.9. The Balaban J connectivity index is 0.000000182. The molecular weight excluding hydrogens is 917 g/mol. The number of piperazine rings is 2. The summed E-state index contributed by atoms with van der Waals surface area (Å²) in [6.07, 6.45) is 8.82. The fraction of sp³-hybridized carbons (Fsp3) is 0.267. The zero-order chi connectivity index (χ0) is 51.2. The molecule has 2 aromatic heterocycles. The average molecular weight is 979 g/mol. The van der Waals surface area contributed by atoms with Crippen LogP contribution in [0.5, 0.6) is 0 Å². The van der Waals surface area contributed by atoms with Crippen molar-refractivity contribution < 1.29 is 0 Å². The lowest BCUT2D eigenvalue weighted by Gasteiger charge is -2.38. The Bertz CT molecular complexity index is 3000. The summed E-state index contributed by atoms with van der Waals surface area (Å²) >= 11 is 0. The molecule has 10 rings (SSSR count). The van der Waals surface area contributed by atoms with Gasteiger partial charge in [-0.2, -0.15) is 19.9 Å². The largest absolute Gasteiger partial charge is 0.297 e. The van der Waals surface area contributed by atoms with Crippen molar-refractivity contribution in [1.29, 1.82) is 10.5 Å². The van der Waals surface area contributed by atoms with Crippen LogP contribution in [0, 0.1) is 50.4 Å². The van der Waals surface area contributed by atoms with Gasteiger partial charge in [0, 0.05) is 65.4 Å². The fourth-order valence-electron chi connectivity index (χ4n) is 10.2. The molecule has 2 fully saturated rings. The molecule has 0 aliphatic carbocycles. The van der Waals surface area contributed by atoms with E-state index in [1.165, 1.54) is 11.1 Å². The molecule has 4 heterocycles. The Morgan fingerprint density at radius 1 is 0.446 bits per heavy atom.